The van der Waals surface area contributed by atoms with Gasteiger partial charge in [0.1, 0.15) is 0 Å². The number of alkyl halides is 2. The highest BCUT2D eigenvalue weighted by molar-refractivity contribution is 7.99. The van der Waals surface area contributed by atoms with Gasteiger partial charge in [0.2, 0.25) is 5.91 Å². The third-order valence-electron chi connectivity index (χ3n) is 4.40. The third-order valence-corrected chi connectivity index (χ3v) is 5.12. The quantitative estimate of drug-likeness (QED) is 0.707. The highest BCUT2D eigenvalue weighted by atomic mass is 35.5. The lowest BCUT2D eigenvalue weighted by atomic mass is 9.95. The van der Waals surface area contributed by atoms with E-state index in [4.69, 9.17) is 5.73 Å². The molecule has 2 atom stereocenters. The molecule has 27 heavy (non-hydrogen) atoms. The van der Waals surface area contributed by atoms with E-state index in [0.717, 1.165) is 6.54 Å². The highest BCUT2D eigenvalue weighted by Crippen LogP contribution is 2.27. The van der Waals surface area contributed by atoms with Crippen LogP contribution in [-0.2, 0) is 4.79 Å². The summed E-state index contributed by atoms with van der Waals surface area (Å²) in [6.45, 7) is 1.66. The molecule has 0 radical (unpaired) electrons. The maximum Gasteiger partial charge on any atom is 0.288 e. The molecule has 0 bridgehead atoms. The maximum atomic E-state index is 12.3. The number of thioether (sulfide) groups is 1. The van der Waals surface area contributed by atoms with Crippen molar-refractivity contribution >= 4 is 35.8 Å². The smallest absolute Gasteiger partial charge is 0.288 e. The standard InChI is InChI=1S/C19H21F2N3OS.ClH/c20-19(21)26-15-8-6-14(7-9-15)23-18(25)12-24-10-16(17(22)11-24)13-4-2-1-3-5-13;/h1-9,16-17,19H,10-12,22H2,(H,23,25);1H/t16-,17+;/m0./s1. The van der Waals surface area contributed by atoms with E-state index in [1.807, 2.05) is 23.1 Å². The van der Waals surface area contributed by atoms with Crippen LogP contribution in [0, 0.1) is 0 Å². The fourth-order valence-corrected chi connectivity index (χ4v) is 3.72. The normalized spacial score (nSPS) is 19.7. The second-order valence-electron chi connectivity index (χ2n) is 6.33. The number of nitrogens with zero attached hydrogens (tertiary/aromatic N) is 1. The van der Waals surface area contributed by atoms with Crippen molar-refractivity contribution in [3.63, 3.8) is 0 Å². The Bertz CT molecular complexity index is 733. The van der Waals surface area contributed by atoms with Gasteiger partial charge in [-0.2, -0.15) is 8.78 Å². The predicted octanol–water partition coefficient (Wildman–Crippen LogP) is 3.79. The Kier molecular flexibility index (Phi) is 8.04. The van der Waals surface area contributed by atoms with Crippen LogP contribution in [0.2, 0.25) is 0 Å². The monoisotopic (exact) mass is 413 g/mol. The Morgan fingerprint density at radius 3 is 2.44 bits per heavy atom. The first kappa shape index (κ1) is 21.6. The number of hydrogen-bond acceptors (Lipinski definition) is 4. The third kappa shape index (κ3) is 6.17. The number of benzene rings is 2. The van der Waals surface area contributed by atoms with Crippen LogP contribution < -0.4 is 11.1 Å². The minimum absolute atomic E-state index is 0. The van der Waals surface area contributed by atoms with Gasteiger partial charge in [0.25, 0.3) is 5.76 Å². The molecule has 0 aromatic heterocycles. The van der Waals surface area contributed by atoms with Crippen molar-refractivity contribution in [2.24, 2.45) is 5.73 Å². The number of amides is 1. The number of hydrogen-bond donors (Lipinski definition) is 2. The molecule has 1 aliphatic rings. The van der Waals surface area contributed by atoms with E-state index in [1.165, 1.54) is 5.56 Å². The van der Waals surface area contributed by atoms with Crippen LogP contribution >= 0.6 is 24.2 Å². The second-order valence-corrected chi connectivity index (χ2v) is 7.39. The van der Waals surface area contributed by atoms with E-state index in [1.54, 1.807) is 24.3 Å². The van der Waals surface area contributed by atoms with Crippen molar-refractivity contribution < 1.29 is 13.6 Å². The molecule has 4 nitrogen and oxygen atoms in total. The van der Waals surface area contributed by atoms with E-state index >= 15 is 0 Å². The zero-order valence-corrected chi connectivity index (χ0v) is 16.2. The Hall–Kier alpha value is -1.67. The van der Waals surface area contributed by atoms with E-state index in [2.05, 4.69) is 17.4 Å². The summed E-state index contributed by atoms with van der Waals surface area (Å²) in [5, 5.41) is 2.80. The molecule has 3 N–H and O–H groups in total. The summed E-state index contributed by atoms with van der Waals surface area (Å²) in [6, 6.07) is 16.5. The SMILES string of the molecule is Cl.N[C@@H]1CN(CC(=O)Nc2ccc(SC(F)F)cc2)C[C@H]1c1ccccc1. The fraction of sp³-hybridized carbons (Fsp3) is 0.316. The van der Waals surface area contributed by atoms with Gasteiger partial charge in [0, 0.05) is 35.6 Å². The minimum Gasteiger partial charge on any atom is -0.326 e. The van der Waals surface area contributed by atoms with E-state index < -0.39 is 5.76 Å². The van der Waals surface area contributed by atoms with Crippen molar-refractivity contribution in [1.82, 2.24) is 4.90 Å². The predicted molar refractivity (Wildman–Crippen MR) is 108 cm³/mol. The van der Waals surface area contributed by atoms with E-state index in [-0.39, 0.29) is 36.8 Å². The summed E-state index contributed by atoms with van der Waals surface area (Å²) >= 11 is 0.482. The molecule has 0 saturated carbocycles. The fourth-order valence-electron chi connectivity index (χ4n) is 3.22. The molecular formula is C19H22ClF2N3OS. The lowest BCUT2D eigenvalue weighted by Crippen LogP contribution is -2.33. The number of anilines is 1. The summed E-state index contributed by atoms with van der Waals surface area (Å²) in [5.74, 6) is -2.37. The molecule has 0 spiro atoms. The van der Waals surface area contributed by atoms with Crippen LogP contribution in [0.4, 0.5) is 14.5 Å². The second kappa shape index (κ2) is 10.0. The van der Waals surface area contributed by atoms with Gasteiger partial charge < -0.3 is 11.1 Å². The number of nitrogens with one attached hydrogen (secondary N) is 1. The minimum atomic E-state index is -2.45. The molecule has 2 aromatic carbocycles. The van der Waals surface area contributed by atoms with Gasteiger partial charge in [-0.25, -0.2) is 0 Å². The van der Waals surface area contributed by atoms with Gasteiger partial charge >= 0.3 is 0 Å². The van der Waals surface area contributed by atoms with Crippen LogP contribution in [0.15, 0.2) is 59.5 Å². The molecule has 146 valence electrons. The molecule has 1 saturated heterocycles. The van der Waals surface area contributed by atoms with Crippen molar-refractivity contribution in [3.05, 3.63) is 60.2 Å². The topological polar surface area (TPSA) is 58.4 Å². The Morgan fingerprint density at radius 2 is 1.81 bits per heavy atom. The van der Waals surface area contributed by atoms with Crippen molar-refractivity contribution in [1.29, 1.82) is 0 Å². The van der Waals surface area contributed by atoms with Crippen molar-refractivity contribution in [3.8, 4) is 0 Å². The van der Waals surface area contributed by atoms with Crippen LogP contribution in [-0.4, -0.2) is 42.2 Å². The lowest BCUT2D eigenvalue weighted by molar-refractivity contribution is -0.117. The average Bonchev–Trinajstić information content (AvgIpc) is 2.97. The molecule has 2 aromatic rings. The highest BCUT2D eigenvalue weighted by Gasteiger charge is 2.31. The molecule has 1 aliphatic heterocycles. The van der Waals surface area contributed by atoms with Crippen molar-refractivity contribution in [2.75, 3.05) is 25.0 Å². The molecule has 3 rings (SSSR count). The Balaban J connectivity index is 0.00000261. The number of carbonyl (C=O) groups is 1. The summed E-state index contributed by atoms with van der Waals surface area (Å²) in [5.41, 5.74) is 8.03. The van der Waals surface area contributed by atoms with Gasteiger partial charge in [-0.15, -0.1) is 12.4 Å². The first-order chi connectivity index (χ1) is 12.5. The van der Waals surface area contributed by atoms with Crippen LogP contribution in [0.1, 0.15) is 11.5 Å². The number of likely N-dealkylation sites (tertiary alicyclic amines) is 1. The van der Waals surface area contributed by atoms with E-state index in [0.29, 0.717) is 28.9 Å². The first-order valence-corrected chi connectivity index (χ1v) is 9.27. The number of carbonyl (C=O) groups excluding carboxylic acids is 1. The van der Waals surface area contributed by atoms with Crippen LogP contribution in [0.3, 0.4) is 0 Å². The summed E-state index contributed by atoms with van der Waals surface area (Å²) < 4.78 is 24.6. The van der Waals surface area contributed by atoms with E-state index in [9.17, 15) is 13.6 Å². The molecule has 8 heteroatoms. The lowest BCUT2D eigenvalue weighted by Gasteiger charge is -2.16. The number of nitrogens with two attached hydrogens (primary N) is 1. The molecular weight excluding hydrogens is 392 g/mol. The molecule has 1 heterocycles. The van der Waals surface area contributed by atoms with Crippen molar-refractivity contribution in [2.45, 2.75) is 22.6 Å². The largest absolute Gasteiger partial charge is 0.326 e. The molecule has 1 fully saturated rings. The molecule has 1 amide bonds. The number of rotatable bonds is 6. The van der Waals surface area contributed by atoms with Gasteiger partial charge in [-0.05, 0) is 29.8 Å². The van der Waals surface area contributed by atoms with Gasteiger partial charge in [0.05, 0.1) is 6.54 Å². The summed E-state index contributed by atoms with van der Waals surface area (Å²) in [6.07, 6.45) is 0. The van der Waals surface area contributed by atoms with Gasteiger partial charge in [-0.1, -0.05) is 42.1 Å². The Morgan fingerprint density at radius 1 is 1.15 bits per heavy atom. The number of halogens is 3. The zero-order chi connectivity index (χ0) is 18.5. The Labute approximate surface area is 167 Å². The maximum absolute atomic E-state index is 12.3. The van der Waals surface area contributed by atoms with Gasteiger partial charge in [-0.3, -0.25) is 9.69 Å². The van der Waals surface area contributed by atoms with Crippen LogP contribution in [0.5, 0.6) is 0 Å². The summed E-state index contributed by atoms with van der Waals surface area (Å²) in [7, 11) is 0. The van der Waals surface area contributed by atoms with Crippen LogP contribution in [0.25, 0.3) is 0 Å². The zero-order valence-electron chi connectivity index (χ0n) is 14.6. The average molecular weight is 414 g/mol. The molecule has 0 aliphatic carbocycles. The van der Waals surface area contributed by atoms with Gasteiger partial charge in [0.15, 0.2) is 0 Å². The molecule has 0 unspecified atom stereocenters. The summed E-state index contributed by atoms with van der Waals surface area (Å²) in [4.78, 5) is 14.8. The first-order valence-electron chi connectivity index (χ1n) is 8.39.